The average Bonchev–Trinajstić information content (AvgIpc) is 2.20. The molecule has 0 bridgehead atoms. The van der Waals surface area contributed by atoms with Gasteiger partial charge in [-0.05, 0) is 24.2 Å². The van der Waals surface area contributed by atoms with Crippen LogP contribution in [0.15, 0.2) is 0 Å². The molecule has 2 atom stereocenters. The summed E-state index contributed by atoms with van der Waals surface area (Å²) in [6, 6.07) is -0.348. The summed E-state index contributed by atoms with van der Waals surface area (Å²) in [7, 11) is 0. The molecule has 3 N–H and O–H groups in total. The first-order valence-corrected chi connectivity index (χ1v) is 6.02. The van der Waals surface area contributed by atoms with E-state index in [0.29, 0.717) is 5.41 Å². The van der Waals surface area contributed by atoms with Crippen molar-refractivity contribution >= 4 is 5.91 Å². The van der Waals surface area contributed by atoms with Crippen LogP contribution in [0.5, 0.6) is 0 Å². The molecule has 0 heterocycles. The zero-order chi connectivity index (χ0) is 11.5. The lowest BCUT2D eigenvalue weighted by Gasteiger charge is -2.38. The Labute approximate surface area is 92.8 Å². The second-order valence-electron chi connectivity index (χ2n) is 5.29. The highest BCUT2D eigenvalue weighted by Crippen LogP contribution is 2.39. The van der Waals surface area contributed by atoms with E-state index in [4.69, 9.17) is 5.73 Å². The molecule has 15 heavy (non-hydrogen) atoms. The van der Waals surface area contributed by atoms with Gasteiger partial charge in [0.25, 0.3) is 0 Å². The predicted molar refractivity (Wildman–Crippen MR) is 62.4 cm³/mol. The molecule has 0 saturated heterocycles. The van der Waals surface area contributed by atoms with Crippen molar-refractivity contribution in [2.24, 2.45) is 17.1 Å². The van der Waals surface area contributed by atoms with E-state index in [9.17, 15) is 4.79 Å². The maximum atomic E-state index is 11.7. The van der Waals surface area contributed by atoms with Crippen molar-refractivity contribution in [2.45, 2.75) is 52.5 Å². The molecule has 0 spiro atoms. The minimum Gasteiger partial charge on any atom is -0.354 e. The molecular formula is C12H24N2O. The normalized spacial score (nSPS) is 22.7. The van der Waals surface area contributed by atoms with E-state index >= 15 is 0 Å². The van der Waals surface area contributed by atoms with Crippen LogP contribution in [0.1, 0.15) is 46.5 Å². The highest BCUT2D eigenvalue weighted by molar-refractivity contribution is 5.81. The van der Waals surface area contributed by atoms with Gasteiger partial charge in [-0.2, -0.15) is 0 Å². The third-order valence-electron chi connectivity index (χ3n) is 3.81. The summed E-state index contributed by atoms with van der Waals surface area (Å²) in [5.41, 5.74) is 6.19. The van der Waals surface area contributed by atoms with Crippen LogP contribution in [0.3, 0.4) is 0 Å². The molecule has 0 aromatic heterocycles. The molecule has 2 unspecified atom stereocenters. The smallest absolute Gasteiger partial charge is 0.237 e. The van der Waals surface area contributed by atoms with E-state index in [2.05, 4.69) is 19.2 Å². The number of amides is 1. The van der Waals surface area contributed by atoms with Gasteiger partial charge in [-0.25, -0.2) is 0 Å². The van der Waals surface area contributed by atoms with Gasteiger partial charge >= 0.3 is 0 Å². The number of nitrogens with one attached hydrogen (secondary N) is 1. The van der Waals surface area contributed by atoms with E-state index in [1.54, 1.807) is 0 Å². The molecule has 1 saturated carbocycles. The number of nitrogens with two attached hydrogens (primary N) is 1. The van der Waals surface area contributed by atoms with Gasteiger partial charge in [-0.15, -0.1) is 0 Å². The number of hydrogen-bond acceptors (Lipinski definition) is 2. The number of carbonyl (C=O) groups excluding carboxylic acids is 1. The van der Waals surface area contributed by atoms with Crippen LogP contribution in [0.25, 0.3) is 0 Å². The Bertz CT molecular complexity index is 224. The molecule has 1 fully saturated rings. The monoisotopic (exact) mass is 212 g/mol. The predicted octanol–water partition coefficient (Wildman–Crippen LogP) is 1.67. The Morgan fingerprint density at radius 1 is 1.53 bits per heavy atom. The fraction of sp³-hybridized carbons (Fsp3) is 0.917. The fourth-order valence-corrected chi connectivity index (χ4v) is 1.89. The summed E-state index contributed by atoms with van der Waals surface area (Å²) in [6.07, 6.45) is 4.70. The minimum atomic E-state index is -0.348. The zero-order valence-electron chi connectivity index (χ0n) is 10.2. The number of hydrogen-bond donors (Lipinski definition) is 2. The third kappa shape index (κ3) is 3.20. The summed E-state index contributed by atoms with van der Waals surface area (Å²) in [6.45, 7) is 7.10. The van der Waals surface area contributed by atoms with E-state index in [-0.39, 0.29) is 17.9 Å². The maximum Gasteiger partial charge on any atom is 0.237 e. The minimum absolute atomic E-state index is 0.0116. The first kappa shape index (κ1) is 12.5. The summed E-state index contributed by atoms with van der Waals surface area (Å²) in [4.78, 5) is 11.7. The molecule has 1 rings (SSSR count). The van der Waals surface area contributed by atoms with E-state index in [1.807, 2.05) is 6.92 Å². The van der Waals surface area contributed by atoms with Gasteiger partial charge < -0.3 is 11.1 Å². The van der Waals surface area contributed by atoms with Crippen molar-refractivity contribution in [1.29, 1.82) is 0 Å². The summed E-state index contributed by atoms with van der Waals surface area (Å²) < 4.78 is 0. The van der Waals surface area contributed by atoms with Crippen LogP contribution in [0, 0.1) is 11.3 Å². The highest BCUT2D eigenvalue weighted by Gasteiger charge is 2.32. The lowest BCUT2D eigenvalue weighted by atomic mass is 9.70. The van der Waals surface area contributed by atoms with Crippen molar-refractivity contribution < 1.29 is 4.79 Å². The quantitative estimate of drug-likeness (QED) is 0.728. The van der Waals surface area contributed by atoms with Gasteiger partial charge in [-0.3, -0.25) is 4.79 Å². The van der Waals surface area contributed by atoms with Crippen LogP contribution >= 0.6 is 0 Å². The molecule has 1 amide bonds. The molecule has 0 aromatic rings. The van der Waals surface area contributed by atoms with Gasteiger partial charge in [0.1, 0.15) is 0 Å². The standard InChI is InChI=1S/C12H24N2O/c1-4-9(2)10(13)11(15)14-8-12(3)6-5-7-12/h9-10H,4-8,13H2,1-3H3,(H,14,15). The van der Waals surface area contributed by atoms with Crippen LogP contribution in [0.2, 0.25) is 0 Å². The Hall–Kier alpha value is -0.570. The van der Waals surface area contributed by atoms with Crippen molar-refractivity contribution in [3.63, 3.8) is 0 Å². The molecule has 88 valence electrons. The largest absolute Gasteiger partial charge is 0.354 e. The van der Waals surface area contributed by atoms with Crippen molar-refractivity contribution in [3.8, 4) is 0 Å². The van der Waals surface area contributed by atoms with Gasteiger partial charge in [0.05, 0.1) is 6.04 Å². The van der Waals surface area contributed by atoms with Gasteiger partial charge in [0, 0.05) is 6.54 Å². The van der Waals surface area contributed by atoms with Crippen LogP contribution < -0.4 is 11.1 Å². The Balaban J connectivity index is 2.29. The van der Waals surface area contributed by atoms with Crippen molar-refractivity contribution in [2.75, 3.05) is 6.54 Å². The van der Waals surface area contributed by atoms with Crippen molar-refractivity contribution in [3.05, 3.63) is 0 Å². The molecular weight excluding hydrogens is 188 g/mol. The molecule has 3 heteroatoms. The highest BCUT2D eigenvalue weighted by atomic mass is 16.2. The summed E-state index contributed by atoms with van der Waals surface area (Å²) in [5.74, 6) is 0.275. The molecule has 0 aliphatic heterocycles. The SMILES string of the molecule is CCC(C)C(N)C(=O)NCC1(C)CCC1. The summed E-state index contributed by atoms with van der Waals surface area (Å²) in [5, 5.41) is 2.98. The number of rotatable bonds is 5. The van der Waals surface area contributed by atoms with Crippen molar-refractivity contribution in [1.82, 2.24) is 5.32 Å². The molecule has 3 nitrogen and oxygen atoms in total. The topological polar surface area (TPSA) is 55.1 Å². The second-order valence-corrected chi connectivity index (χ2v) is 5.29. The Kier molecular flexibility index (Phi) is 4.14. The van der Waals surface area contributed by atoms with E-state index < -0.39 is 0 Å². The van der Waals surface area contributed by atoms with E-state index in [0.717, 1.165) is 13.0 Å². The zero-order valence-corrected chi connectivity index (χ0v) is 10.2. The molecule has 1 aliphatic rings. The first-order valence-electron chi connectivity index (χ1n) is 6.02. The summed E-state index contributed by atoms with van der Waals surface area (Å²) >= 11 is 0. The van der Waals surface area contributed by atoms with Gasteiger partial charge in [0.15, 0.2) is 0 Å². The maximum absolute atomic E-state index is 11.7. The Morgan fingerprint density at radius 2 is 2.13 bits per heavy atom. The Morgan fingerprint density at radius 3 is 2.53 bits per heavy atom. The lowest BCUT2D eigenvalue weighted by molar-refractivity contribution is -0.124. The van der Waals surface area contributed by atoms with E-state index in [1.165, 1.54) is 19.3 Å². The van der Waals surface area contributed by atoms with Crippen LogP contribution in [-0.2, 0) is 4.79 Å². The lowest BCUT2D eigenvalue weighted by Crippen LogP contribution is -2.48. The van der Waals surface area contributed by atoms with Gasteiger partial charge in [-0.1, -0.05) is 33.6 Å². The molecule has 1 aliphatic carbocycles. The molecule has 0 radical (unpaired) electrons. The first-order chi connectivity index (χ1) is 6.98. The van der Waals surface area contributed by atoms with Gasteiger partial charge in [0.2, 0.25) is 5.91 Å². The average molecular weight is 212 g/mol. The molecule has 0 aromatic carbocycles. The van der Waals surface area contributed by atoms with Crippen LogP contribution in [0.4, 0.5) is 0 Å². The second kappa shape index (κ2) is 4.97. The third-order valence-corrected chi connectivity index (χ3v) is 3.81. The van der Waals surface area contributed by atoms with Crippen LogP contribution in [-0.4, -0.2) is 18.5 Å². The number of carbonyl (C=O) groups is 1. The fourth-order valence-electron chi connectivity index (χ4n) is 1.89.